The molecule has 0 fully saturated rings. The van der Waals surface area contributed by atoms with Crippen molar-refractivity contribution in [3.8, 4) is 0 Å². The summed E-state index contributed by atoms with van der Waals surface area (Å²) in [6, 6.07) is 5.34. The molecular weight excluding hydrogens is 258 g/mol. The standard InChI is InChI=1S/C14H17N3O3/c1-19-6-4-16-12-7-11(8-15-9-12)14(18)17-10-13-3-2-5-20-13/h2-3,5,7-9,16H,4,6,10H2,1H3,(H,17,18). The first kappa shape index (κ1) is 14.1. The maximum atomic E-state index is 12.0. The third kappa shape index (κ3) is 4.10. The Morgan fingerprint density at radius 2 is 2.35 bits per heavy atom. The summed E-state index contributed by atoms with van der Waals surface area (Å²) in [6.45, 7) is 1.61. The molecule has 20 heavy (non-hydrogen) atoms. The molecule has 1 amide bonds. The van der Waals surface area contributed by atoms with Crippen molar-refractivity contribution in [2.45, 2.75) is 6.54 Å². The van der Waals surface area contributed by atoms with Crippen LogP contribution in [0, 0.1) is 0 Å². The first-order chi connectivity index (χ1) is 9.79. The van der Waals surface area contributed by atoms with Gasteiger partial charge in [-0.2, -0.15) is 0 Å². The third-order valence-corrected chi connectivity index (χ3v) is 2.64. The molecule has 0 atom stereocenters. The number of furan rings is 1. The van der Waals surface area contributed by atoms with E-state index in [1.165, 1.54) is 6.20 Å². The Balaban J connectivity index is 1.90. The molecule has 0 saturated carbocycles. The molecule has 2 rings (SSSR count). The highest BCUT2D eigenvalue weighted by Gasteiger charge is 2.07. The summed E-state index contributed by atoms with van der Waals surface area (Å²) in [5, 5.41) is 5.90. The summed E-state index contributed by atoms with van der Waals surface area (Å²) in [4.78, 5) is 16.0. The van der Waals surface area contributed by atoms with E-state index in [1.807, 2.05) is 0 Å². The van der Waals surface area contributed by atoms with Crippen molar-refractivity contribution in [2.75, 3.05) is 25.6 Å². The van der Waals surface area contributed by atoms with Gasteiger partial charge in [0.2, 0.25) is 0 Å². The van der Waals surface area contributed by atoms with Gasteiger partial charge < -0.3 is 19.8 Å². The van der Waals surface area contributed by atoms with Gasteiger partial charge in [0, 0.05) is 26.0 Å². The van der Waals surface area contributed by atoms with Gasteiger partial charge in [0.05, 0.1) is 30.7 Å². The number of methoxy groups -OCH3 is 1. The van der Waals surface area contributed by atoms with Crippen LogP contribution in [0.15, 0.2) is 41.3 Å². The van der Waals surface area contributed by atoms with Crippen molar-refractivity contribution in [1.82, 2.24) is 10.3 Å². The number of pyridine rings is 1. The van der Waals surface area contributed by atoms with Crippen LogP contribution in [0.2, 0.25) is 0 Å². The lowest BCUT2D eigenvalue weighted by molar-refractivity contribution is 0.0947. The average Bonchev–Trinajstić information content (AvgIpc) is 2.99. The van der Waals surface area contributed by atoms with E-state index in [9.17, 15) is 4.79 Å². The van der Waals surface area contributed by atoms with Crippen molar-refractivity contribution < 1.29 is 13.9 Å². The predicted molar refractivity (Wildman–Crippen MR) is 74.5 cm³/mol. The zero-order valence-electron chi connectivity index (χ0n) is 11.3. The highest BCUT2D eigenvalue weighted by molar-refractivity contribution is 5.94. The molecule has 2 N–H and O–H groups in total. The molecule has 0 aromatic carbocycles. The number of carbonyl (C=O) groups excluding carboxylic acids is 1. The quantitative estimate of drug-likeness (QED) is 0.752. The minimum absolute atomic E-state index is 0.190. The number of hydrogen-bond donors (Lipinski definition) is 2. The van der Waals surface area contributed by atoms with E-state index >= 15 is 0 Å². The molecule has 0 bridgehead atoms. The largest absolute Gasteiger partial charge is 0.467 e. The number of carbonyl (C=O) groups is 1. The molecule has 106 valence electrons. The van der Waals surface area contributed by atoms with E-state index in [1.54, 1.807) is 37.8 Å². The van der Waals surface area contributed by atoms with Crippen molar-refractivity contribution >= 4 is 11.6 Å². The summed E-state index contributed by atoms with van der Waals surface area (Å²) in [5.41, 5.74) is 1.28. The number of nitrogens with zero attached hydrogens (tertiary/aromatic N) is 1. The first-order valence-electron chi connectivity index (χ1n) is 6.28. The molecule has 2 aromatic heterocycles. The summed E-state index contributed by atoms with van der Waals surface area (Å²) in [6.07, 6.45) is 4.77. The van der Waals surface area contributed by atoms with Crippen molar-refractivity contribution in [3.05, 3.63) is 48.2 Å². The smallest absolute Gasteiger partial charge is 0.253 e. The van der Waals surface area contributed by atoms with Gasteiger partial charge in [-0.15, -0.1) is 0 Å². The SMILES string of the molecule is COCCNc1cncc(C(=O)NCc2ccco2)c1. The second-order valence-corrected chi connectivity index (χ2v) is 4.14. The molecule has 2 heterocycles. The monoisotopic (exact) mass is 275 g/mol. The fraction of sp³-hybridized carbons (Fsp3) is 0.286. The Hall–Kier alpha value is -2.34. The van der Waals surface area contributed by atoms with Crippen LogP contribution < -0.4 is 10.6 Å². The Morgan fingerprint density at radius 1 is 1.45 bits per heavy atom. The molecule has 0 aliphatic heterocycles. The number of anilines is 1. The minimum atomic E-state index is -0.190. The Morgan fingerprint density at radius 3 is 3.10 bits per heavy atom. The number of rotatable bonds is 7. The molecule has 0 saturated heterocycles. The van der Waals surface area contributed by atoms with Crippen LogP contribution in [0.4, 0.5) is 5.69 Å². The predicted octanol–water partition coefficient (Wildman–Crippen LogP) is 1.66. The van der Waals surface area contributed by atoms with Crippen molar-refractivity contribution in [2.24, 2.45) is 0 Å². The van der Waals surface area contributed by atoms with E-state index in [-0.39, 0.29) is 5.91 Å². The Bertz CT molecular complexity index is 540. The summed E-state index contributed by atoms with van der Waals surface area (Å²) < 4.78 is 10.1. The summed E-state index contributed by atoms with van der Waals surface area (Å²) in [7, 11) is 1.64. The van der Waals surface area contributed by atoms with Gasteiger partial charge >= 0.3 is 0 Å². The molecular formula is C14H17N3O3. The van der Waals surface area contributed by atoms with Gasteiger partial charge in [-0.3, -0.25) is 9.78 Å². The van der Waals surface area contributed by atoms with E-state index in [2.05, 4.69) is 15.6 Å². The fourth-order valence-corrected chi connectivity index (χ4v) is 1.64. The molecule has 0 unspecified atom stereocenters. The zero-order valence-corrected chi connectivity index (χ0v) is 11.3. The Kier molecular flexibility index (Phi) is 5.14. The first-order valence-corrected chi connectivity index (χ1v) is 6.28. The van der Waals surface area contributed by atoms with E-state index in [0.717, 1.165) is 5.69 Å². The molecule has 6 nitrogen and oxygen atoms in total. The van der Waals surface area contributed by atoms with Gasteiger partial charge in [0.25, 0.3) is 5.91 Å². The van der Waals surface area contributed by atoms with Crippen LogP contribution in [0.3, 0.4) is 0 Å². The molecule has 0 radical (unpaired) electrons. The summed E-state index contributed by atoms with van der Waals surface area (Å²) in [5.74, 6) is 0.518. The van der Waals surface area contributed by atoms with Crippen LogP contribution in [-0.2, 0) is 11.3 Å². The number of amides is 1. The second kappa shape index (κ2) is 7.30. The molecule has 0 aliphatic carbocycles. The number of hydrogen-bond acceptors (Lipinski definition) is 5. The third-order valence-electron chi connectivity index (χ3n) is 2.64. The van der Waals surface area contributed by atoms with Crippen LogP contribution in [0.5, 0.6) is 0 Å². The van der Waals surface area contributed by atoms with Gasteiger partial charge in [-0.05, 0) is 18.2 Å². The zero-order chi connectivity index (χ0) is 14.2. The maximum absolute atomic E-state index is 12.0. The van der Waals surface area contributed by atoms with E-state index in [4.69, 9.17) is 9.15 Å². The lowest BCUT2D eigenvalue weighted by atomic mass is 10.2. The number of aromatic nitrogens is 1. The number of ether oxygens (including phenoxy) is 1. The van der Waals surface area contributed by atoms with Crippen LogP contribution >= 0.6 is 0 Å². The fourth-order valence-electron chi connectivity index (χ4n) is 1.64. The van der Waals surface area contributed by atoms with Crippen molar-refractivity contribution in [1.29, 1.82) is 0 Å². The van der Waals surface area contributed by atoms with Crippen LogP contribution in [0.1, 0.15) is 16.1 Å². The van der Waals surface area contributed by atoms with Crippen LogP contribution in [-0.4, -0.2) is 31.2 Å². The lowest BCUT2D eigenvalue weighted by Crippen LogP contribution is -2.22. The number of nitrogens with one attached hydrogen (secondary N) is 2. The van der Waals surface area contributed by atoms with Gasteiger partial charge in [0.15, 0.2) is 0 Å². The van der Waals surface area contributed by atoms with E-state index < -0.39 is 0 Å². The summed E-state index contributed by atoms with van der Waals surface area (Å²) >= 11 is 0. The topological polar surface area (TPSA) is 76.4 Å². The minimum Gasteiger partial charge on any atom is -0.467 e. The molecule has 0 aliphatic rings. The van der Waals surface area contributed by atoms with Gasteiger partial charge in [-0.25, -0.2) is 0 Å². The average molecular weight is 275 g/mol. The Labute approximate surface area is 117 Å². The molecule has 2 aromatic rings. The van der Waals surface area contributed by atoms with Gasteiger partial charge in [-0.1, -0.05) is 0 Å². The van der Waals surface area contributed by atoms with Crippen LogP contribution in [0.25, 0.3) is 0 Å². The molecule has 6 heteroatoms. The highest BCUT2D eigenvalue weighted by Crippen LogP contribution is 2.08. The van der Waals surface area contributed by atoms with E-state index in [0.29, 0.717) is 31.0 Å². The lowest BCUT2D eigenvalue weighted by Gasteiger charge is -2.07. The highest BCUT2D eigenvalue weighted by atomic mass is 16.5. The molecule has 0 spiro atoms. The van der Waals surface area contributed by atoms with Crippen molar-refractivity contribution in [3.63, 3.8) is 0 Å². The normalized spacial score (nSPS) is 10.2. The second-order valence-electron chi connectivity index (χ2n) is 4.14. The van der Waals surface area contributed by atoms with Gasteiger partial charge in [0.1, 0.15) is 5.76 Å². The maximum Gasteiger partial charge on any atom is 0.253 e.